The lowest BCUT2D eigenvalue weighted by Crippen LogP contribution is -2.02. The Kier molecular flexibility index (Phi) is 3.68. The maximum absolute atomic E-state index is 6.04. The van der Waals surface area contributed by atoms with Crippen molar-refractivity contribution in [3.8, 4) is 0 Å². The molecule has 2 aromatic heterocycles. The molecule has 0 aliphatic carbocycles. The molecule has 0 amide bonds. The Morgan fingerprint density at radius 3 is 2.63 bits per heavy atom. The molecule has 1 N–H and O–H groups in total. The van der Waals surface area contributed by atoms with Crippen molar-refractivity contribution in [3.05, 3.63) is 50.2 Å². The molecule has 0 saturated heterocycles. The van der Waals surface area contributed by atoms with Crippen LogP contribution in [-0.2, 0) is 6.54 Å². The molecule has 0 radical (unpaired) electrons. The standard InChI is InChI=1S/C13H9BrClN3S/c14-11-6-5-8(19-11)7-16-13-10-4-2-1-3-9(10)12(15)17-18-13/h1-6H,7H2,(H,16,18). The number of benzene rings is 1. The van der Waals surface area contributed by atoms with Gasteiger partial charge in [0.1, 0.15) is 0 Å². The summed E-state index contributed by atoms with van der Waals surface area (Å²) < 4.78 is 1.12. The number of anilines is 1. The summed E-state index contributed by atoms with van der Waals surface area (Å²) in [6.45, 7) is 0.719. The quantitative estimate of drug-likeness (QED) is 0.739. The fourth-order valence-electron chi connectivity index (χ4n) is 1.82. The molecule has 0 aliphatic rings. The summed E-state index contributed by atoms with van der Waals surface area (Å²) in [4.78, 5) is 1.23. The number of rotatable bonds is 3. The largest absolute Gasteiger partial charge is 0.363 e. The first-order chi connectivity index (χ1) is 9.24. The van der Waals surface area contributed by atoms with Gasteiger partial charge in [-0.15, -0.1) is 21.5 Å². The van der Waals surface area contributed by atoms with Gasteiger partial charge in [-0.1, -0.05) is 35.9 Å². The molecule has 3 rings (SSSR count). The highest BCUT2D eigenvalue weighted by Gasteiger charge is 2.07. The van der Waals surface area contributed by atoms with Crippen LogP contribution in [0.2, 0.25) is 5.15 Å². The second-order valence-electron chi connectivity index (χ2n) is 3.94. The number of fused-ring (bicyclic) bond motifs is 1. The summed E-state index contributed by atoms with van der Waals surface area (Å²) in [7, 11) is 0. The van der Waals surface area contributed by atoms with Gasteiger partial charge in [0.2, 0.25) is 0 Å². The van der Waals surface area contributed by atoms with E-state index in [1.54, 1.807) is 11.3 Å². The van der Waals surface area contributed by atoms with E-state index in [1.807, 2.05) is 30.3 Å². The third-order valence-corrected chi connectivity index (χ3v) is 4.60. The number of aromatic nitrogens is 2. The first-order valence-corrected chi connectivity index (χ1v) is 7.62. The molecule has 0 unspecified atom stereocenters. The molecule has 0 fully saturated rings. The molecule has 19 heavy (non-hydrogen) atoms. The second-order valence-corrected chi connectivity index (χ2v) is 6.85. The van der Waals surface area contributed by atoms with Gasteiger partial charge in [-0.25, -0.2) is 0 Å². The minimum atomic E-state index is 0.431. The summed E-state index contributed by atoms with van der Waals surface area (Å²) in [5.74, 6) is 0.754. The van der Waals surface area contributed by atoms with Crippen LogP contribution in [0.5, 0.6) is 0 Å². The van der Waals surface area contributed by atoms with Gasteiger partial charge in [-0.2, -0.15) is 0 Å². The average Bonchev–Trinajstić information content (AvgIpc) is 2.84. The molecular weight excluding hydrogens is 346 g/mol. The molecule has 6 heteroatoms. The van der Waals surface area contributed by atoms with Gasteiger partial charge in [-0.05, 0) is 28.1 Å². The van der Waals surface area contributed by atoms with Crippen molar-refractivity contribution in [2.24, 2.45) is 0 Å². The molecule has 96 valence electrons. The zero-order chi connectivity index (χ0) is 13.2. The van der Waals surface area contributed by atoms with Crippen molar-refractivity contribution >= 4 is 55.5 Å². The molecule has 1 aromatic carbocycles. The third kappa shape index (κ3) is 2.73. The fraction of sp³-hybridized carbons (Fsp3) is 0.0769. The highest BCUT2D eigenvalue weighted by molar-refractivity contribution is 9.11. The maximum Gasteiger partial charge on any atom is 0.159 e. The van der Waals surface area contributed by atoms with Crippen molar-refractivity contribution in [2.75, 3.05) is 5.32 Å². The zero-order valence-electron chi connectivity index (χ0n) is 9.73. The first kappa shape index (κ1) is 12.8. The highest BCUT2D eigenvalue weighted by atomic mass is 79.9. The maximum atomic E-state index is 6.04. The SMILES string of the molecule is Clc1nnc(NCc2ccc(Br)s2)c2ccccc12. The molecule has 0 atom stereocenters. The smallest absolute Gasteiger partial charge is 0.159 e. The van der Waals surface area contributed by atoms with Crippen molar-refractivity contribution in [2.45, 2.75) is 6.54 Å². The number of halogens is 2. The minimum Gasteiger partial charge on any atom is -0.363 e. The van der Waals surface area contributed by atoms with Crippen LogP contribution in [-0.4, -0.2) is 10.2 Å². The molecule has 2 heterocycles. The minimum absolute atomic E-state index is 0.431. The number of hydrogen-bond acceptors (Lipinski definition) is 4. The van der Waals surface area contributed by atoms with E-state index in [-0.39, 0.29) is 0 Å². The summed E-state index contributed by atoms with van der Waals surface area (Å²) >= 11 is 11.2. The van der Waals surface area contributed by atoms with Crippen LogP contribution < -0.4 is 5.32 Å². The molecule has 0 saturated carbocycles. The first-order valence-electron chi connectivity index (χ1n) is 5.63. The Bertz CT molecular complexity index is 729. The van der Waals surface area contributed by atoms with Gasteiger partial charge < -0.3 is 5.32 Å². The predicted molar refractivity (Wildman–Crippen MR) is 83.9 cm³/mol. The Hall–Kier alpha value is -1.17. The van der Waals surface area contributed by atoms with Gasteiger partial charge in [0.25, 0.3) is 0 Å². The lowest BCUT2D eigenvalue weighted by molar-refractivity contribution is 1.02. The van der Waals surface area contributed by atoms with E-state index >= 15 is 0 Å². The van der Waals surface area contributed by atoms with E-state index in [4.69, 9.17) is 11.6 Å². The van der Waals surface area contributed by atoms with Crippen molar-refractivity contribution in [1.29, 1.82) is 0 Å². The van der Waals surface area contributed by atoms with E-state index in [0.717, 1.165) is 26.9 Å². The molecule has 3 nitrogen and oxygen atoms in total. The second kappa shape index (κ2) is 5.45. The van der Waals surface area contributed by atoms with Crippen LogP contribution in [0.3, 0.4) is 0 Å². The van der Waals surface area contributed by atoms with Crippen LogP contribution >= 0.6 is 38.9 Å². The van der Waals surface area contributed by atoms with E-state index < -0.39 is 0 Å². The Balaban J connectivity index is 1.91. The average molecular weight is 355 g/mol. The predicted octanol–water partition coefficient (Wildman–Crippen LogP) is 4.72. The van der Waals surface area contributed by atoms with Crippen LogP contribution in [0.4, 0.5) is 5.82 Å². The summed E-state index contributed by atoms with van der Waals surface area (Å²) in [6.07, 6.45) is 0. The number of nitrogens with zero attached hydrogens (tertiary/aromatic N) is 2. The zero-order valence-corrected chi connectivity index (χ0v) is 12.9. The van der Waals surface area contributed by atoms with E-state index in [1.165, 1.54) is 4.88 Å². The summed E-state index contributed by atoms with van der Waals surface area (Å²) in [6, 6.07) is 12.0. The molecule has 0 bridgehead atoms. The van der Waals surface area contributed by atoms with Gasteiger partial charge in [0, 0.05) is 15.6 Å². The van der Waals surface area contributed by atoms with Gasteiger partial charge >= 0.3 is 0 Å². The monoisotopic (exact) mass is 353 g/mol. The molecule has 0 aliphatic heterocycles. The Morgan fingerprint density at radius 1 is 1.11 bits per heavy atom. The van der Waals surface area contributed by atoms with Crippen molar-refractivity contribution in [1.82, 2.24) is 10.2 Å². The number of nitrogens with one attached hydrogen (secondary N) is 1. The summed E-state index contributed by atoms with van der Waals surface area (Å²) in [5, 5.41) is 13.7. The molecule has 3 aromatic rings. The van der Waals surface area contributed by atoms with Gasteiger partial charge in [-0.3, -0.25) is 0 Å². The lowest BCUT2D eigenvalue weighted by Gasteiger charge is -2.07. The molecular formula is C13H9BrClN3S. The molecule has 0 spiro atoms. The van der Waals surface area contributed by atoms with Crippen LogP contribution in [0.1, 0.15) is 4.88 Å². The topological polar surface area (TPSA) is 37.8 Å². The van der Waals surface area contributed by atoms with Crippen LogP contribution in [0.25, 0.3) is 10.8 Å². The lowest BCUT2D eigenvalue weighted by atomic mass is 10.2. The Labute approximate surface area is 127 Å². The van der Waals surface area contributed by atoms with Crippen LogP contribution in [0.15, 0.2) is 40.2 Å². The van der Waals surface area contributed by atoms with Crippen molar-refractivity contribution in [3.63, 3.8) is 0 Å². The normalized spacial score (nSPS) is 10.8. The van der Waals surface area contributed by atoms with E-state index in [9.17, 15) is 0 Å². The number of hydrogen-bond donors (Lipinski definition) is 1. The summed E-state index contributed by atoms with van der Waals surface area (Å²) in [5.41, 5.74) is 0. The van der Waals surface area contributed by atoms with Crippen LogP contribution in [0, 0.1) is 0 Å². The van der Waals surface area contributed by atoms with E-state index in [2.05, 4.69) is 37.5 Å². The fourth-order valence-corrected chi connectivity index (χ4v) is 3.44. The Morgan fingerprint density at radius 2 is 1.89 bits per heavy atom. The highest BCUT2D eigenvalue weighted by Crippen LogP contribution is 2.27. The van der Waals surface area contributed by atoms with Crippen molar-refractivity contribution < 1.29 is 0 Å². The van der Waals surface area contributed by atoms with E-state index in [0.29, 0.717) is 5.15 Å². The van der Waals surface area contributed by atoms with Gasteiger partial charge in [0.15, 0.2) is 11.0 Å². The third-order valence-electron chi connectivity index (χ3n) is 2.70. The number of thiophene rings is 1. The van der Waals surface area contributed by atoms with Gasteiger partial charge in [0.05, 0.1) is 10.3 Å².